The molecule has 3 atom stereocenters. The first-order chi connectivity index (χ1) is 15.3. The van der Waals surface area contributed by atoms with Gasteiger partial charge in [0.2, 0.25) is 11.8 Å². The molecule has 2 N–H and O–H groups in total. The fourth-order valence-corrected chi connectivity index (χ4v) is 3.81. The van der Waals surface area contributed by atoms with Crippen LogP contribution in [0.4, 0.5) is 4.79 Å². The first-order valence-electron chi connectivity index (χ1n) is 12.0. The quantitative estimate of drug-likeness (QED) is 0.524. The van der Waals surface area contributed by atoms with Gasteiger partial charge in [-0.2, -0.15) is 0 Å². The van der Waals surface area contributed by atoms with Gasteiger partial charge < -0.3 is 20.3 Å². The molecule has 33 heavy (non-hydrogen) atoms. The minimum atomic E-state index is -0.847. The molecule has 0 saturated carbocycles. The highest BCUT2D eigenvalue weighted by Gasteiger charge is 2.35. The van der Waals surface area contributed by atoms with Gasteiger partial charge in [-0.1, -0.05) is 44.0 Å². The van der Waals surface area contributed by atoms with Crippen LogP contribution in [0.15, 0.2) is 18.2 Å². The number of benzene rings is 1. The van der Waals surface area contributed by atoms with Crippen molar-refractivity contribution in [3.63, 3.8) is 0 Å². The molecule has 3 unspecified atom stereocenters. The minimum Gasteiger partial charge on any atom is -0.444 e. The molecule has 186 valence electrons. The molecule has 7 heteroatoms. The number of alkyl carbamates (subject to hydrolysis) is 1. The monoisotopic (exact) mass is 461 g/mol. The van der Waals surface area contributed by atoms with Crippen molar-refractivity contribution in [2.24, 2.45) is 0 Å². The van der Waals surface area contributed by atoms with Gasteiger partial charge in [-0.3, -0.25) is 9.59 Å². The van der Waals surface area contributed by atoms with Crippen LogP contribution in [-0.2, 0) is 14.3 Å². The molecule has 1 aromatic rings. The number of nitrogens with one attached hydrogen (secondary N) is 2. The zero-order valence-corrected chi connectivity index (χ0v) is 21.9. The molecule has 0 saturated heterocycles. The van der Waals surface area contributed by atoms with E-state index >= 15 is 0 Å². The lowest BCUT2D eigenvalue weighted by atomic mass is 9.96. The summed E-state index contributed by atoms with van der Waals surface area (Å²) in [5, 5.41) is 5.70. The van der Waals surface area contributed by atoms with Crippen LogP contribution in [-0.4, -0.2) is 47.0 Å². The average Bonchev–Trinajstić information content (AvgIpc) is 2.67. The maximum atomic E-state index is 13.5. The van der Waals surface area contributed by atoms with Gasteiger partial charge >= 0.3 is 6.09 Å². The second-order valence-corrected chi connectivity index (χ2v) is 9.86. The van der Waals surface area contributed by atoms with E-state index in [1.54, 1.807) is 32.6 Å². The lowest BCUT2D eigenvalue weighted by molar-refractivity contribution is -0.142. The van der Waals surface area contributed by atoms with E-state index in [4.69, 9.17) is 4.74 Å². The lowest BCUT2D eigenvalue weighted by Crippen LogP contribution is -2.53. The zero-order chi connectivity index (χ0) is 25.3. The van der Waals surface area contributed by atoms with Gasteiger partial charge in [0.25, 0.3) is 0 Å². The van der Waals surface area contributed by atoms with Crippen LogP contribution in [0.3, 0.4) is 0 Å². The van der Waals surface area contributed by atoms with Crippen LogP contribution >= 0.6 is 0 Å². The van der Waals surface area contributed by atoms with Crippen molar-refractivity contribution in [3.05, 3.63) is 34.9 Å². The summed E-state index contributed by atoms with van der Waals surface area (Å²) in [7, 11) is 0. The van der Waals surface area contributed by atoms with Gasteiger partial charge in [-0.15, -0.1) is 0 Å². The number of hydrogen-bond donors (Lipinski definition) is 2. The van der Waals surface area contributed by atoms with Gasteiger partial charge in [0.1, 0.15) is 17.7 Å². The number of ether oxygens (including phenoxy) is 1. The van der Waals surface area contributed by atoms with E-state index in [0.29, 0.717) is 13.0 Å². The Morgan fingerprint density at radius 3 is 2.18 bits per heavy atom. The van der Waals surface area contributed by atoms with E-state index in [2.05, 4.69) is 17.6 Å². The molecule has 7 nitrogen and oxygen atoms in total. The van der Waals surface area contributed by atoms with Crippen LogP contribution in [0.25, 0.3) is 0 Å². The third-order valence-electron chi connectivity index (χ3n) is 5.24. The summed E-state index contributed by atoms with van der Waals surface area (Å²) in [4.78, 5) is 40.9. The second kappa shape index (κ2) is 12.6. The number of carbonyl (C=O) groups is 3. The zero-order valence-electron chi connectivity index (χ0n) is 21.9. The maximum absolute atomic E-state index is 13.5. The highest BCUT2D eigenvalue weighted by Crippen LogP contribution is 2.27. The molecule has 3 amide bonds. The van der Waals surface area contributed by atoms with Gasteiger partial charge in [0.05, 0.1) is 0 Å². The number of rotatable bonds is 10. The summed E-state index contributed by atoms with van der Waals surface area (Å²) in [5.41, 5.74) is 2.14. The Bertz CT molecular complexity index is 816. The number of carbonyl (C=O) groups excluding carboxylic acids is 3. The Kier molecular flexibility index (Phi) is 10.9. The minimum absolute atomic E-state index is 0.00774. The number of amides is 3. The van der Waals surface area contributed by atoms with Crippen LogP contribution in [0, 0.1) is 13.8 Å². The topological polar surface area (TPSA) is 87.7 Å². The molecule has 0 aliphatic heterocycles. The summed E-state index contributed by atoms with van der Waals surface area (Å²) >= 11 is 0. The van der Waals surface area contributed by atoms with Crippen LogP contribution in [0.5, 0.6) is 0 Å². The summed E-state index contributed by atoms with van der Waals surface area (Å²) < 4.78 is 5.30. The predicted octanol–water partition coefficient (Wildman–Crippen LogP) is 4.80. The van der Waals surface area contributed by atoms with Crippen molar-refractivity contribution in [2.75, 3.05) is 6.54 Å². The van der Waals surface area contributed by atoms with Crippen LogP contribution in [0.2, 0.25) is 0 Å². The number of nitrogens with zero attached hydrogens (tertiary/aromatic N) is 1. The van der Waals surface area contributed by atoms with Gasteiger partial charge in [0, 0.05) is 12.6 Å². The van der Waals surface area contributed by atoms with E-state index in [1.165, 1.54) is 0 Å². The second-order valence-electron chi connectivity index (χ2n) is 9.86. The van der Waals surface area contributed by atoms with E-state index < -0.39 is 23.8 Å². The summed E-state index contributed by atoms with van der Waals surface area (Å²) in [6, 6.07) is 4.24. The maximum Gasteiger partial charge on any atom is 0.408 e. The Morgan fingerprint density at radius 1 is 1.03 bits per heavy atom. The fourth-order valence-electron chi connectivity index (χ4n) is 3.81. The van der Waals surface area contributed by atoms with E-state index in [9.17, 15) is 14.4 Å². The lowest BCUT2D eigenvalue weighted by Gasteiger charge is -2.35. The first kappa shape index (κ1) is 28.5. The fraction of sp³-hybridized carbons (Fsp3) is 0.654. The highest BCUT2D eigenvalue weighted by molar-refractivity contribution is 5.92. The Hall–Kier alpha value is -2.57. The smallest absolute Gasteiger partial charge is 0.408 e. The van der Waals surface area contributed by atoms with Gasteiger partial charge in [-0.05, 0) is 72.4 Å². The molecule has 0 aromatic heterocycles. The van der Waals surface area contributed by atoms with Crippen molar-refractivity contribution in [2.45, 2.75) is 105 Å². The molecule has 1 aromatic carbocycles. The van der Waals surface area contributed by atoms with E-state index in [0.717, 1.165) is 29.5 Å². The summed E-state index contributed by atoms with van der Waals surface area (Å²) in [6.45, 7) is 17.2. The molecule has 0 heterocycles. The van der Waals surface area contributed by atoms with Crippen molar-refractivity contribution < 1.29 is 19.1 Å². The standard InChI is InChI=1S/C26H43N3O4/c1-10-12-19(5)27-23(30)22(21-14-13-17(3)16-18(21)4)29(15-11-2)24(31)20(6)28-25(32)33-26(7,8)9/h13-14,16,19-20,22H,10-12,15H2,1-9H3,(H,27,30)(H,28,32). The number of hydrogen-bond acceptors (Lipinski definition) is 4. The molecule has 0 spiro atoms. The van der Waals surface area contributed by atoms with E-state index in [1.807, 2.05) is 45.9 Å². The first-order valence-corrected chi connectivity index (χ1v) is 12.0. The van der Waals surface area contributed by atoms with E-state index in [-0.39, 0.29) is 17.9 Å². The van der Waals surface area contributed by atoms with Crippen LogP contribution in [0.1, 0.15) is 90.5 Å². The third-order valence-corrected chi connectivity index (χ3v) is 5.24. The molecule has 0 radical (unpaired) electrons. The molecular weight excluding hydrogens is 418 g/mol. The van der Waals surface area contributed by atoms with Crippen LogP contribution < -0.4 is 10.6 Å². The average molecular weight is 462 g/mol. The predicted molar refractivity (Wildman–Crippen MR) is 132 cm³/mol. The molecule has 0 fully saturated rings. The van der Waals surface area contributed by atoms with Crippen molar-refractivity contribution in [1.29, 1.82) is 0 Å². The Labute approximate surface area is 199 Å². The molecular formula is C26H43N3O4. The molecule has 1 rings (SSSR count). The molecule has 0 bridgehead atoms. The molecule has 0 aliphatic rings. The highest BCUT2D eigenvalue weighted by atomic mass is 16.6. The van der Waals surface area contributed by atoms with Crippen molar-refractivity contribution >= 4 is 17.9 Å². The van der Waals surface area contributed by atoms with Gasteiger partial charge in [-0.25, -0.2) is 4.79 Å². The Balaban J connectivity index is 3.32. The largest absolute Gasteiger partial charge is 0.444 e. The Morgan fingerprint density at radius 2 is 1.67 bits per heavy atom. The normalized spacial score (nSPS) is 14.1. The van der Waals surface area contributed by atoms with Gasteiger partial charge in [0.15, 0.2) is 0 Å². The summed E-state index contributed by atoms with van der Waals surface area (Å²) in [6.07, 6.45) is 1.81. The SMILES string of the molecule is CCCC(C)NC(=O)C(c1ccc(C)cc1C)N(CCC)C(=O)C(C)NC(=O)OC(C)(C)C. The summed E-state index contributed by atoms with van der Waals surface area (Å²) in [5.74, 6) is -0.542. The van der Waals surface area contributed by atoms with Crippen molar-refractivity contribution in [1.82, 2.24) is 15.5 Å². The third kappa shape index (κ3) is 9.06. The molecule has 0 aliphatic carbocycles. The number of aryl methyl sites for hydroxylation is 2. The van der Waals surface area contributed by atoms with Crippen molar-refractivity contribution in [3.8, 4) is 0 Å².